The van der Waals surface area contributed by atoms with E-state index in [0.29, 0.717) is 5.89 Å². The Bertz CT molecular complexity index is 2810. The van der Waals surface area contributed by atoms with Gasteiger partial charge in [0.25, 0.3) is 0 Å². The molecule has 3 heterocycles. The zero-order valence-electron chi connectivity index (χ0n) is 27.0. The van der Waals surface area contributed by atoms with Crippen LogP contribution in [0.25, 0.3) is 94.3 Å². The number of benzene rings is 7. The summed E-state index contributed by atoms with van der Waals surface area (Å²) in [6.07, 6.45) is 1.83. The van der Waals surface area contributed by atoms with Crippen molar-refractivity contribution in [1.82, 2.24) is 14.5 Å². The number of hydrogen-bond acceptors (Lipinski definition) is 3. The average molecular weight is 640 g/mol. The van der Waals surface area contributed by atoms with E-state index in [9.17, 15) is 0 Å². The summed E-state index contributed by atoms with van der Waals surface area (Å²) in [6, 6.07) is 59.6. The number of aromatic nitrogens is 3. The Morgan fingerprint density at radius 2 is 1.14 bits per heavy atom. The quantitative estimate of drug-likeness (QED) is 0.188. The molecule has 0 saturated carbocycles. The second kappa shape index (κ2) is 11.4. The van der Waals surface area contributed by atoms with Gasteiger partial charge in [-0.25, -0.2) is 4.98 Å². The van der Waals surface area contributed by atoms with E-state index < -0.39 is 0 Å². The highest BCUT2D eigenvalue weighted by Crippen LogP contribution is 2.39. The van der Waals surface area contributed by atoms with Crippen LogP contribution in [0.2, 0.25) is 0 Å². The monoisotopic (exact) mass is 639 g/mol. The van der Waals surface area contributed by atoms with Gasteiger partial charge in [0.05, 0.1) is 16.7 Å². The number of pyridine rings is 1. The lowest BCUT2D eigenvalue weighted by Gasteiger charge is -2.13. The number of para-hydroxylation sites is 2. The fourth-order valence-corrected chi connectivity index (χ4v) is 7.36. The molecule has 0 amide bonds. The topological polar surface area (TPSA) is 43.9 Å². The molecule has 10 aromatic rings. The summed E-state index contributed by atoms with van der Waals surface area (Å²) in [6.45, 7) is 0. The average Bonchev–Trinajstić information content (AvgIpc) is 3.78. The van der Waals surface area contributed by atoms with E-state index in [2.05, 4.69) is 155 Å². The first-order valence-electron chi connectivity index (χ1n) is 16.8. The molecule has 0 unspecified atom stereocenters. The lowest BCUT2D eigenvalue weighted by atomic mass is 9.97. The van der Waals surface area contributed by atoms with E-state index in [-0.39, 0.29) is 0 Å². The Morgan fingerprint density at radius 3 is 1.92 bits per heavy atom. The predicted octanol–water partition coefficient (Wildman–Crippen LogP) is 12.1. The Balaban J connectivity index is 1.23. The molecule has 0 aliphatic rings. The van der Waals surface area contributed by atoms with Crippen molar-refractivity contribution in [2.45, 2.75) is 0 Å². The minimum Gasteiger partial charge on any atom is -0.436 e. The van der Waals surface area contributed by atoms with Crippen LogP contribution in [0.3, 0.4) is 0 Å². The third-order valence-corrected chi connectivity index (χ3v) is 9.65. The van der Waals surface area contributed by atoms with Crippen LogP contribution in [0.15, 0.2) is 180 Å². The zero-order valence-corrected chi connectivity index (χ0v) is 27.0. The number of hydrogen-bond donors (Lipinski definition) is 0. The molecule has 0 aliphatic carbocycles. The Labute approximate surface area is 288 Å². The second-order valence-corrected chi connectivity index (χ2v) is 12.6. The van der Waals surface area contributed by atoms with Gasteiger partial charge in [0.15, 0.2) is 5.58 Å². The summed E-state index contributed by atoms with van der Waals surface area (Å²) in [5.74, 6) is 0.575. The molecule has 3 aromatic heterocycles. The van der Waals surface area contributed by atoms with Crippen molar-refractivity contribution in [3.8, 4) is 50.7 Å². The van der Waals surface area contributed by atoms with Crippen LogP contribution in [0.1, 0.15) is 0 Å². The minimum absolute atomic E-state index is 0.575. The molecular formula is C46H29N3O. The summed E-state index contributed by atoms with van der Waals surface area (Å²) in [7, 11) is 0. The van der Waals surface area contributed by atoms with Crippen LogP contribution >= 0.6 is 0 Å². The van der Waals surface area contributed by atoms with Gasteiger partial charge in [-0.3, -0.25) is 4.98 Å². The largest absolute Gasteiger partial charge is 0.436 e. The first-order chi connectivity index (χ1) is 24.8. The van der Waals surface area contributed by atoms with Gasteiger partial charge >= 0.3 is 0 Å². The molecule has 234 valence electrons. The van der Waals surface area contributed by atoms with E-state index in [4.69, 9.17) is 9.40 Å². The predicted molar refractivity (Wildman–Crippen MR) is 205 cm³/mol. The standard InChI is InChI=1S/C46H29N3O/c1-2-12-30(13-3-1)32-15-10-16-33(26-32)34-27-35(29-36(28-34)49-41-21-6-4-17-37(41)38-18-5-7-22-42(38)49)46-48-45-43(50-46)24-23-31-14-11-19-39(44(31)45)40-20-8-9-25-47-40/h1-29H. The van der Waals surface area contributed by atoms with Gasteiger partial charge in [-0.15, -0.1) is 0 Å². The number of fused-ring (bicyclic) bond motifs is 6. The number of nitrogens with zero attached hydrogens (tertiary/aromatic N) is 3. The molecule has 10 rings (SSSR count). The first kappa shape index (κ1) is 28.3. The summed E-state index contributed by atoms with van der Waals surface area (Å²) in [5, 5.41) is 4.57. The van der Waals surface area contributed by atoms with Crippen molar-refractivity contribution in [1.29, 1.82) is 0 Å². The van der Waals surface area contributed by atoms with Crippen molar-refractivity contribution in [3.05, 3.63) is 176 Å². The van der Waals surface area contributed by atoms with Crippen LogP contribution in [-0.4, -0.2) is 14.5 Å². The van der Waals surface area contributed by atoms with Gasteiger partial charge in [-0.1, -0.05) is 115 Å². The van der Waals surface area contributed by atoms with E-state index in [1.54, 1.807) is 0 Å². The van der Waals surface area contributed by atoms with E-state index in [0.717, 1.165) is 66.5 Å². The Hall–Kier alpha value is -6.78. The third-order valence-electron chi connectivity index (χ3n) is 9.65. The minimum atomic E-state index is 0.575. The molecule has 50 heavy (non-hydrogen) atoms. The maximum atomic E-state index is 6.64. The maximum Gasteiger partial charge on any atom is 0.227 e. The number of oxazole rings is 1. The van der Waals surface area contributed by atoms with Gasteiger partial charge in [0, 0.05) is 39.2 Å². The normalized spacial score (nSPS) is 11.6. The maximum absolute atomic E-state index is 6.64. The van der Waals surface area contributed by atoms with Crippen molar-refractivity contribution in [2.75, 3.05) is 0 Å². The van der Waals surface area contributed by atoms with Gasteiger partial charge in [-0.05, 0) is 82.2 Å². The number of rotatable bonds is 5. The summed E-state index contributed by atoms with van der Waals surface area (Å²) >= 11 is 0. The summed E-state index contributed by atoms with van der Waals surface area (Å²) in [4.78, 5) is 9.91. The molecule has 0 atom stereocenters. The molecule has 0 saturated heterocycles. The van der Waals surface area contributed by atoms with Crippen molar-refractivity contribution < 1.29 is 4.42 Å². The Morgan fingerprint density at radius 1 is 0.480 bits per heavy atom. The molecule has 4 heteroatoms. The van der Waals surface area contributed by atoms with Gasteiger partial charge < -0.3 is 8.98 Å². The highest BCUT2D eigenvalue weighted by atomic mass is 16.3. The van der Waals surface area contributed by atoms with Crippen LogP contribution < -0.4 is 0 Å². The molecule has 0 N–H and O–H groups in total. The molecule has 4 nitrogen and oxygen atoms in total. The molecule has 7 aromatic carbocycles. The molecule has 0 aliphatic heterocycles. The van der Waals surface area contributed by atoms with Crippen molar-refractivity contribution in [3.63, 3.8) is 0 Å². The second-order valence-electron chi connectivity index (χ2n) is 12.6. The van der Waals surface area contributed by atoms with Gasteiger partial charge in [0.2, 0.25) is 5.89 Å². The van der Waals surface area contributed by atoms with Crippen molar-refractivity contribution in [2.24, 2.45) is 0 Å². The summed E-state index contributed by atoms with van der Waals surface area (Å²) < 4.78 is 9.00. The highest BCUT2D eigenvalue weighted by Gasteiger charge is 2.19. The van der Waals surface area contributed by atoms with Gasteiger partial charge in [-0.2, -0.15) is 0 Å². The molecule has 0 spiro atoms. The molecular weight excluding hydrogens is 611 g/mol. The third kappa shape index (κ3) is 4.61. The zero-order chi connectivity index (χ0) is 33.0. The van der Waals surface area contributed by atoms with E-state index in [1.807, 2.05) is 30.5 Å². The molecule has 0 radical (unpaired) electrons. The van der Waals surface area contributed by atoms with Gasteiger partial charge in [0.1, 0.15) is 5.52 Å². The lowest BCUT2D eigenvalue weighted by Crippen LogP contribution is -1.96. The van der Waals surface area contributed by atoms with E-state index >= 15 is 0 Å². The molecule has 0 bridgehead atoms. The molecule has 0 fully saturated rings. The van der Waals surface area contributed by atoms with Crippen molar-refractivity contribution >= 4 is 43.7 Å². The van der Waals surface area contributed by atoms with Crippen LogP contribution in [-0.2, 0) is 0 Å². The Kier molecular flexibility index (Phi) is 6.46. The van der Waals surface area contributed by atoms with Crippen LogP contribution in [0, 0.1) is 0 Å². The van der Waals surface area contributed by atoms with E-state index in [1.165, 1.54) is 21.9 Å². The summed E-state index contributed by atoms with van der Waals surface area (Å²) in [5.41, 5.74) is 12.3. The SMILES string of the molecule is c1ccc(-c2cccc(-c3cc(-c4nc5c(ccc6cccc(-c7ccccn7)c65)o4)cc(-n4c5ccccc5c5ccccc54)c3)c2)cc1. The fourth-order valence-electron chi connectivity index (χ4n) is 7.36. The van der Waals surface area contributed by atoms with Crippen LogP contribution in [0.5, 0.6) is 0 Å². The lowest BCUT2D eigenvalue weighted by molar-refractivity contribution is 0.620. The fraction of sp³-hybridized carbons (Fsp3) is 0. The first-order valence-corrected chi connectivity index (χ1v) is 16.8. The highest BCUT2D eigenvalue weighted by molar-refractivity contribution is 6.12. The van der Waals surface area contributed by atoms with Crippen LogP contribution in [0.4, 0.5) is 0 Å². The smallest absolute Gasteiger partial charge is 0.227 e.